The first-order valence-corrected chi connectivity index (χ1v) is 6.91. The van der Waals surface area contributed by atoms with Gasteiger partial charge in [-0.15, -0.1) is 11.3 Å². The van der Waals surface area contributed by atoms with Gasteiger partial charge in [-0.3, -0.25) is 4.79 Å². The van der Waals surface area contributed by atoms with Crippen molar-refractivity contribution in [3.63, 3.8) is 0 Å². The van der Waals surface area contributed by atoms with Crippen LogP contribution in [0.4, 0.5) is 24.0 Å². The van der Waals surface area contributed by atoms with E-state index in [1.807, 2.05) is 0 Å². The smallest absolute Gasteiger partial charge is 0.375 e. The van der Waals surface area contributed by atoms with E-state index in [2.05, 4.69) is 10.3 Å². The van der Waals surface area contributed by atoms with Gasteiger partial charge in [0, 0.05) is 16.0 Å². The van der Waals surface area contributed by atoms with Crippen molar-refractivity contribution in [1.29, 1.82) is 0 Å². The molecule has 2 rings (SSSR count). The van der Waals surface area contributed by atoms with Gasteiger partial charge >= 0.3 is 5.51 Å². The Balaban J connectivity index is 2.02. The number of nitrogens with zero attached hydrogens (tertiary/aromatic N) is 1. The maximum Gasteiger partial charge on any atom is 0.446 e. The molecule has 0 aliphatic heterocycles. The second kappa shape index (κ2) is 5.71. The predicted octanol–water partition coefficient (Wildman–Crippen LogP) is 3.59. The van der Waals surface area contributed by atoms with Crippen LogP contribution in [0.25, 0.3) is 0 Å². The fourth-order valence-electron chi connectivity index (χ4n) is 1.33. The lowest BCUT2D eigenvalue weighted by molar-refractivity contribution is -0.0328. The molecule has 1 heterocycles. The first-order valence-electron chi connectivity index (χ1n) is 5.22. The molecule has 0 saturated heterocycles. The van der Waals surface area contributed by atoms with Gasteiger partial charge in [0.15, 0.2) is 5.13 Å². The summed E-state index contributed by atoms with van der Waals surface area (Å²) in [6.45, 7) is 0. The second-order valence-corrected chi connectivity index (χ2v) is 5.63. The van der Waals surface area contributed by atoms with Gasteiger partial charge in [-0.25, -0.2) is 4.98 Å². The molecule has 106 valence electrons. The monoisotopic (exact) mass is 319 g/mol. The van der Waals surface area contributed by atoms with E-state index in [1.165, 1.54) is 29.6 Å². The minimum Gasteiger partial charge on any atom is -0.375 e. The molecule has 0 saturated carbocycles. The van der Waals surface area contributed by atoms with Gasteiger partial charge < -0.3 is 11.1 Å². The van der Waals surface area contributed by atoms with E-state index < -0.39 is 11.4 Å². The molecule has 1 aromatic heterocycles. The van der Waals surface area contributed by atoms with Crippen LogP contribution >= 0.6 is 23.1 Å². The van der Waals surface area contributed by atoms with Crippen LogP contribution < -0.4 is 11.1 Å². The normalized spacial score (nSPS) is 11.3. The van der Waals surface area contributed by atoms with Crippen LogP contribution in [0.3, 0.4) is 0 Å². The molecular weight excluding hydrogens is 311 g/mol. The largest absolute Gasteiger partial charge is 0.446 e. The number of hydrogen-bond donors (Lipinski definition) is 2. The second-order valence-electron chi connectivity index (χ2n) is 3.60. The minimum absolute atomic E-state index is 0.0494. The number of nitrogens with two attached hydrogens (primary N) is 1. The molecule has 0 bridgehead atoms. The molecule has 0 aliphatic carbocycles. The molecule has 3 N–H and O–H groups in total. The predicted molar refractivity (Wildman–Crippen MR) is 72.8 cm³/mol. The Labute approximate surface area is 120 Å². The van der Waals surface area contributed by atoms with Crippen LogP contribution in [0.2, 0.25) is 0 Å². The summed E-state index contributed by atoms with van der Waals surface area (Å²) >= 11 is 0.918. The highest BCUT2D eigenvalue weighted by molar-refractivity contribution is 8.00. The molecule has 2 aromatic rings. The number of aromatic nitrogens is 1. The number of hydrogen-bond acceptors (Lipinski definition) is 5. The topological polar surface area (TPSA) is 68.0 Å². The highest BCUT2D eigenvalue weighted by atomic mass is 32.2. The molecule has 0 fully saturated rings. The first kappa shape index (κ1) is 14.7. The minimum atomic E-state index is -4.33. The van der Waals surface area contributed by atoms with Crippen molar-refractivity contribution < 1.29 is 18.0 Å². The number of nitrogens with one attached hydrogen (secondary N) is 1. The average Bonchev–Trinajstić information content (AvgIpc) is 2.77. The number of carbonyl (C=O) groups is 1. The number of carbonyl (C=O) groups excluding carboxylic acids is 1. The quantitative estimate of drug-likeness (QED) is 0.848. The number of halogens is 3. The Kier molecular flexibility index (Phi) is 4.19. The maximum absolute atomic E-state index is 12.1. The zero-order valence-corrected chi connectivity index (χ0v) is 11.4. The zero-order valence-electron chi connectivity index (χ0n) is 9.77. The van der Waals surface area contributed by atoms with E-state index in [1.54, 1.807) is 0 Å². The van der Waals surface area contributed by atoms with Gasteiger partial charge in [0.2, 0.25) is 0 Å². The number of benzene rings is 1. The summed E-state index contributed by atoms with van der Waals surface area (Å²) in [5.74, 6) is -0.464. The van der Waals surface area contributed by atoms with E-state index in [0.29, 0.717) is 5.69 Å². The van der Waals surface area contributed by atoms with Crippen molar-refractivity contribution in [2.45, 2.75) is 10.4 Å². The fourth-order valence-corrected chi connectivity index (χ4v) is 2.41. The number of nitrogen functional groups attached to an aromatic ring is 1. The third kappa shape index (κ3) is 4.14. The average molecular weight is 319 g/mol. The standard InChI is InChI=1S/C11H8F3N3OS2/c12-11(13,14)20-7-3-1-6(2-4-7)16-9(18)8-5-19-10(15)17-8/h1-5H,(H2,15,17)(H,16,18). The Morgan fingerprint density at radius 2 is 1.95 bits per heavy atom. The maximum atomic E-state index is 12.1. The van der Waals surface area contributed by atoms with Crippen molar-refractivity contribution in [2.75, 3.05) is 11.1 Å². The molecule has 9 heteroatoms. The number of thioether (sulfide) groups is 1. The molecule has 0 spiro atoms. The summed E-state index contributed by atoms with van der Waals surface area (Å²) in [5.41, 5.74) is 1.63. The molecule has 1 amide bonds. The van der Waals surface area contributed by atoms with Crippen molar-refractivity contribution in [2.24, 2.45) is 0 Å². The summed E-state index contributed by atoms with van der Waals surface area (Å²) < 4.78 is 36.4. The van der Waals surface area contributed by atoms with Crippen molar-refractivity contribution in [3.05, 3.63) is 35.3 Å². The number of alkyl halides is 3. The fraction of sp³-hybridized carbons (Fsp3) is 0.0909. The van der Waals surface area contributed by atoms with Gasteiger partial charge in [-0.2, -0.15) is 13.2 Å². The van der Waals surface area contributed by atoms with Crippen LogP contribution in [-0.2, 0) is 0 Å². The van der Waals surface area contributed by atoms with Crippen molar-refractivity contribution in [1.82, 2.24) is 4.98 Å². The Morgan fingerprint density at radius 3 is 2.45 bits per heavy atom. The van der Waals surface area contributed by atoms with Crippen molar-refractivity contribution >= 4 is 39.8 Å². The third-order valence-corrected chi connectivity index (χ3v) is 3.51. The number of amides is 1. The summed E-state index contributed by atoms with van der Waals surface area (Å²) in [4.78, 5) is 15.6. The molecule has 1 aromatic carbocycles. The lowest BCUT2D eigenvalue weighted by atomic mass is 10.3. The van der Waals surface area contributed by atoms with Crippen LogP contribution in [0, 0.1) is 0 Å². The van der Waals surface area contributed by atoms with Crippen LogP contribution in [0.1, 0.15) is 10.5 Å². The Morgan fingerprint density at radius 1 is 1.30 bits per heavy atom. The van der Waals surface area contributed by atoms with E-state index in [0.717, 1.165) is 11.3 Å². The SMILES string of the molecule is Nc1nc(C(=O)Nc2ccc(SC(F)(F)F)cc2)cs1. The molecule has 4 nitrogen and oxygen atoms in total. The van der Waals surface area contributed by atoms with Gasteiger partial charge in [-0.1, -0.05) is 0 Å². The summed E-state index contributed by atoms with van der Waals surface area (Å²) in [6, 6.07) is 5.34. The first-order chi connectivity index (χ1) is 9.33. The summed E-state index contributed by atoms with van der Waals surface area (Å²) in [5, 5.41) is 4.29. The lowest BCUT2D eigenvalue weighted by Gasteiger charge is -2.07. The molecule has 0 aliphatic rings. The number of rotatable bonds is 3. The summed E-state index contributed by atoms with van der Waals surface area (Å²) in [6.07, 6.45) is 0. The van der Waals surface area contributed by atoms with E-state index >= 15 is 0 Å². The summed E-state index contributed by atoms with van der Waals surface area (Å²) in [7, 11) is 0. The van der Waals surface area contributed by atoms with Crippen LogP contribution in [0.5, 0.6) is 0 Å². The molecule has 0 atom stereocenters. The lowest BCUT2D eigenvalue weighted by Crippen LogP contribution is -2.12. The van der Waals surface area contributed by atoms with E-state index in [4.69, 9.17) is 5.73 Å². The molecule has 20 heavy (non-hydrogen) atoms. The highest BCUT2D eigenvalue weighted by Crippen LogP contribution is 2.37. The van der Waals surface area contributed by atoms with Crippen LogP contribution in [0.15, 0.2) is 34.5 Å². The Hall–Kier alpha value is -1.74. The van der Waals surface area contributed by atoms with Gasteiger partial charge in [0.05, 0.1) is 0 Å². The van der Waals surface area contributed by atoms with Crippen LogP contribution in [-0.4, -0.2) is 16.4 Å². The molecule has 0 radical (unpaired) electrons. The zero-order chi connectivity index (χ0) is 14.8. The van der Waals surface area contributed by atoms with Gasteiger partial charge in [0.1, 0.15) is 5.69 Å². The molecular formula is C11H8F3N3OS2. The highest BCUT2D eigenvalue weighted by Gasteiger charge is 2.29. The number of thiazole rings is 1. The number of anilines is 2. The van der Waals surface area contributed by atoms with Crippen molar-refractivity contribution in [3.8, 4) is 0 Å². The molecule has 0 unspecified atom stereocenters. The van der Waals surface area contributed by atoms with Gasteiger partial charge in [-0.05, 0) is 36.0 Å². The van der Waals surface area contributed by atoms with E-state index in [9.17, 15) is 18.0 Å². The Bertz CT molecular complexity index is 610. The van der Waals surface area contributed by atoms with E-state index in [-0.39, 0.29) is 27.5 Å². The third-order valence-electron chi connectivity index (χ3n) is 2.10. The van der Waals surface area contributed by atoms with Gasteiger partial charge in [0.25, 0.3) is 5.91 Å².